The van der Waals surface area contributed by atoms with Crippen LogP contribution in [0, 0.1) is 0 Å². The van der Waals surface area contributed by atoms with Crippen molar-refractivity contribution >= 4 is 12.0 Å². The molecule has 1 aliphatic heterocycles. The van der Waals surface area contributed by atoms with Gasteiger partial charge in [0.05, 0.1) is 17.8 Å². The van der Waals surface area contributed by atoms with Gasteiger partial charge in [0.25, 0.3) is 0 Å². The van der Waals surface area contributed by atoms with E-state index in [1.807, 2.05) is 7.05 Å². The fourth-order valence-electron chi connectivity index (χ4n) is 1.53. The number of fused-ring (bicyclic) bond motifs is 1. The van der Waals surface area contributed by atoms with Gasteiger partial charge in [-0.05, 0) is 32.0 Å². The van der Waals surface area contributed by atoms with Crippen LogP contribution in [-0.2, 0) is 12.2 Å². The Morgan fingerprint density at radius 3 is 3.21 bits per heavy atom. The van der Waals surface area contributed by atoms with Crippen LogP contribution in [0.4, 0.5) is 0 Å². The minimum absolute atomic E-state index is 0.516. The highest BCUT2D eigenvalue weighted by Gasteiger charge is 2.13. The van der Waals surface area contributed by atoms with E-state index >= 15 is 0 Å². The van der Waals surface area contributed by atoms with Gasteiger partial charge in [0, 0.05) is 11.6 Å². The second-order valence-electron chi connectivity index (χ2n) is 3.68. The van der Waals surface area contributed by atoms with Gasteiger partial charge < -0.3 is 9.50 Å². The number of nitrogens with one attached hydrogen (secondary N) is 1. The van der Waals surface area contributed by atoms with E-state index in [-0.39, 0.29) is 0 Å². The predicted octanol–water partition coefficient (Wildman–Crippen LogP) is 2.38. The maximum absolute atomic E-state index is 5.45. The molecule has 0 amide bonds. The van der Waals surface area contributed by atoms with Crippen molar-refractivity contribution < 1.29 is 4.18 Å². The summed E-state index contributed by atoms with van der Waals surface area (Å²) in [5.41, 5.74) is 2.66. The Hall–Kier alpha value is -0.670. The fraction of sp³-hybridized carbons (Fsp3) is 0.455. The van der Waals surface area contributed by atoms with E-state index in [1.54, 1.807) is 0 Å². The lowest BCUT2D eigenvalue weighted by atomic mass is 10.0. The second-order valence-corrected chi connectivity index (χ2v) is 4.37. The van der Waals surface area contributed by atoms with Gasteiger partial charge >= 0.3 is 0 Å². The molecule has 0 fully saturated rings. The second kappa shape index (κ2) is 4.24. The van der Waals surface area contributed by atoms with Crippen molar-refractivity contribution in [3.8, 4) is 5.75 Å². The monoisotopic (exact) mass is 209 g/mol. The summed E-state index contributed by atoms with van der Waals surface area (Å²) < 4.78 is 5.45. The molecule has 2 rings (SSSR count). The summed E-state index contributed by atoms with van der Waals surface area (Å²) in [4.78, 5) is 0. The van der Waals surface area contributed by atoms with Crippen molar-refractivity contribution in [2.24, 2.45) is 0 Å². The molecule has 0 aromatic heterocycles. The molecule has 14 heavy (non-hydrogen) atoms. The summed E-state index contributed by atoms with van der Waals surface area (Å²) in [5, 5.41) is 3.24. The van der Waals surface area contributed by atoms with Crippen molar-refractivity contribution in [2.75, 3.05) is 7.05 Å². The van der Waals surface area contributed by atoms with Gasteiger partial charge in [-0.15, -0.1) is 0 Å². The van der Waals surface area contributed by atoms with Gasteiger partial charge in [0.2, 0.25) is 0 Å². The molecule has 1 N–H and O–H groups in total. The predicted molar refractivity (Wildman–Crippen MR) is 60.6 cm³/mol. The van der Waals surface area contributed by atoms with Crippen molar-refractivity contribution in [1.82, 2.24) is 5.32 Å². The fourth-order valence-corrected chi connectivity index (χ4v) is 2.24. The quantitative estimate of drug-likeness (QED) is 0.772. The van der Waals surface area contributed by atoms with Gasteiger partial charge in [-0.3, -0.25) is 0 Å². The van der Waals surface area contributed by atoms with Crippen molar-refractivity contribution in [3.05, 3.63) is 29.3 Å². The first kappa shape index (κ1) is 9.87. The van der Waals surface area contributed by atoms with E-state index in [0.717, 1.165) is 17.9 Å². The average molecular weight is 209 g/mol. The maximum atomic E-state index is 5.45. The van der Waals surface area contributed by atoms with Gasteiger partial charge in [-0.2, -0.15) is 0 Å². The molecule has 1 atom stereocenters. The number of rotatable bonds is 3. The van der Waals surface area contributed by atoms with Crippen LogP contribution in [0.2, 0.25) is 0 Å². The molecule has 1 heterocycles. The largest absolute Gasteiger partial charge is 0.425 e. The molecule has 76 valence electrons. The lowest BCUT2D eigenvalue weighted by molar-refractivity contribution is 0.605. The van der Waals surface area contributed by atoms with Crippen LogP contribution >= 0.6 is 12.0 Å². The highest BCUT2D eigenvalue weighted by molar-refractivity contribution is 7.94. The summed E-state index contributed by atoms with van der Waals surface area (Å²) in [6, 6.07) is 7.04. The van der Waals surface area contributed by atoms with Gasteiger partial charge in [-0.1, -0.05) is 12.1 Å². The van der Waals surface area contributed by atoms with E-state index < -0.39 is 0 Å². The van der Waals surface area contributed by atoms with E-state index in [1.165, 1.54) is 23.2 Å². The van der Waals surface area contributed by atoms with Crippen LogP contribution in [0.1, 0.15) is 18.1 Å². The van der Waals surface area contributed by atoms with E-state index in [0.29, 0.717) is 6.04 Å². The highest BCUT2D eigenvalue weighted by Crippen LogP contribution is 2.34. The maximum Gasteiger partial charge on any atom is 0.141 e. The van der Waals surface area contributed by atoms with Crippen LogP contribution in [0.5, 0.6) is 5.75 Å². The van der Waals surface area contributed by atoms with Crippen molar-refractivity contribution in [1.29, 1.82) is 0 Å². The Kier molecular flexibility index (Phi) is 2.99. The molecule has 1 unspecified atom stereocenters. The molecule has 0 spiro atoms. The number of hydrogen-bond acceptors (Lipinski definition) is 3. The van der Waals surface area contributed by atoms with Crippen LogP contribution in [-0.4, -0.2) is 13.1 Å². The normalized spacial score (nSPS) is 16.1. The SMILES string of the molecule is CNC(C)Cc1ccc2c(c1)OSC2. The summed E-state index contributed by atoms with van der Waals surface area (Å²) in [6.07, 6.45) is 1.05. The third-order valence-corrected chi connectivity index (χ3v) is 3.26. The number of benzene rings is 1. The minimum atomic E-state index is 0.516. The van der Waals surface area contributed by atoms with E-state index in [4.69, 9.17) is 4.18 Å². The Bertz CT molecular complexity index is 327. The molecule has 1 aromatic rings. The molecule has 0 bridgehead atoms. The topological polar surface area (TPSA) is 21.3 Å². The zero-order valence-corrected chi connectivity index (χ0v) is 9.36. The van der Waals surface area contributed by atoms with Crippen LogP contribution in [0.15, 0.2) is 18.2 Å². The molecule has 2 nitrogen and oxygen atoms in total. The van der Waals surface area contributed by atoms with E-state index in [2.05, 4.69) is 30.4 Å². The van der Waals surface area contributed by atoms with Gasteiger partial charge in [0.15, 0.2) is 0 Å². The summed E-state index contributed by atoms with van der Waals surface area (Å²) in [7, 11) is 1.99. The first-order valence-electron chi connectivity index (χ1n) is 4.88. The zero-order chi connectivity index (χ0) is 9.97. The first-order chi connectivity index (χ1) is 6.79. The molecule has 0 radical (unpaired) electrons. The molecule has 0 saturated heterocycles. The summed E-state index contributed by atoms with van der Waals surface area (Å²) >= 11 is 1.52. The summed E-state index contributed by atoms with van der Waals surface area (Å²) in [5.74, 6) is 2.03. The lowest BCUT2D eigenvalue weighted by Gasteiger charge is -2.10. The average Bonchev–Trinajstić information content (AvgIpc) is 2.64. The standard InChI is InChI=1S/C11H15NOS/c1-8(12-2)5-9-3-4-10-7-14-13-11(10)6-9/h3-4,6,8,12H,5,7H2,1-2H3. The van der Waals surface area contributed by atoms with Crippen molar-refractivity contribution in [2.45, 2.75) is 25.1 Å². The van der Waals surface area contributed by atoms with Crippen molar-refractivity contribution in [3.63, 3.8) is 0 Å². The highest BCUT2D eigenvalue weighted by atomic mass is 32.2. The molecule has 3 heteroatoms. The summed E-state index contributed by atoms with van der Waals surface area (Å²) in [6.45, 7) is 2.18. The Labute approximate surface area is 89.2 Å². The Balaban J connectivity index is 2.12. The lowest BCUT2D eigenvalue weighted by Crippen LogP contribution is -2.23. The van der Waals surface area contributed by atoms with Crippen LogP contribution < -0.4 is 9.50 Å². The molecular weight excluding hydrogens is 194 g/mol. The number of hydrogen-bond donors (Lipinski definition) is 1. The Morgan fingerprint density at radius 1 is 1.57 bits per heavy atom. The molecule has 1 aliphatic rings. The third-order valence-electron chi connectivity index (χ3n) is 2.53. The molecule has 0 saturated carbocycles. The minimum Gasteiger partial charge on any atom is -0.425 e. The van der Waals surface area contributed by atoms with E-state index in [9.17, 15) is 0 Å². The van der Waals surface area contributed by atoms with Crippen LogP contribution in [0.3, 0.4) is 0 Å². The number of likely N-dealkylation sites (N-methyl/N-ethyl adjacent to an activating group) is 1. The smallest absolute Gasteiger partial charge is 0.141 e. The van der Waals surface area contributed by atoms with Gasteiger partial charge in [0.1, 0.15) is 5.75 Å². The zero-order valence-electron chi connectivity index (χ0n) is 8.54. The van der Waals surface area contributed by atoms with Crippen LogP contribution in [0.25, 0.3) is 0 Å². The molecular formula is C11H15NOS. The van der Waals surface area contributed by atoms with Gasteiger partial charge in [-0.25, -0.2) is 0 Å². The molecule has 0 aliphatic carbocycles. The third kappa shape index (κ3) is 2.04. The molecule has 1 aromatic carbocycles. The Morgan fingerprint density at radius 2 is 2.43 bits per heavy atom. The first-order valence-corrected chi connectivity index (χ1v) is 5.79.